The maximum atomic E-state index is 5.31. The van der Waals surface area contributed by atoms with Crippen molar-refractivity contribution >= 4 is 10.9 Å². The molecule has 0 N–H and O–H groups in total. The van der Waals surface area contributed by atoms with Gasteiger partial charge in [0.15, 0.2) is 0 Å². The number of aromatic nitrogens is 1. The summed E-state index contributed by atoms with van der Waals surface area (Å²) < 4.78 is 5.31. The summed E-state index contributed by atoms with van der Waals surface area (Å²) in [5.41, 5.74) is 2.02. The molecule has 0 saturated heterocycles. The fourth-order valence-corrected chi connectivity index (χ4v) is 1.40. The third-order valence-corrected chi connectivity index (χ3v) is 2.11. The van der Waals surface area contributed by atoms with Crippen LogP contribution in [0.25, 0.3) is 10.9 Å². The Morgan fingerprint density at radius 2 is 1.81 bits per heavy atom. The molecule has 0 fully saturated rings. The molecule has 2 rings (SSSR count). The highest BCUT2D eigenvalue weighted by atomic mass is 16.5. The molecule has 2 heteroatoms. The van der Waals surface area contributed by atoms with Crippen LogP contribution in [0.1, 0.15) is 26.5 Å². The Hall–Kier alpha value is -1.41. The number of nitrogens with zero attached hydrogens (tertiary/aromatic N) is 1. The maximum absolute atomic E-state index is 5.31. The van der Waals surface area contributed by atoms with E-state index < -0.39 is 0 Å². The van der Waals surface area contributed by atoms with Gasteiger partial charge in [-0.3, -0.25) is 4.98 Å². The van der Waals surface area contributed by atoms with E-state index in [-0.39, 0.29) is 0 Å². The van der Waals surface area contributed by atoms with Crippen LogP contribution >= 0.6 is 0 Å². The van der Waals surface area contributed by atoms with E-state index in [2.05, 4.69) is 17.1 Å². The highest BCUT2D eigenvalue weighted by molar-refractivity contribution is 5.78. The Labute approximate surface area is 97.3 Å². The maximum Gasteiger partial charge on any atom is 0.0887 e. The van der Waals surface area contributed by atoms with Crippen molar-refractivity contribution in [1.29, 1.82) is 0 Å². The molecule has 0 bridgehead atoms. The highest BCUT2D eigenvalue weighted by Crippen LogP contribution is 2.11. The SMILES string of the molecule is CC.CCOCc1ccc2ccccc2n1. The second kappa shape index (κ2) is 6.96. The van der Waals surface area contributed by atoms with Crippen molar-refractivity contribution in [3.63, 3.8) is 0 Å². The molecule has 1 heterocycles. The average molecular weight is 217 g/mol. The van der Waals surface area contributed by atoms with E-state index in [1.54, 1.807) is 0 Å². The topological polar surface area (TPSA) is 22.1 Å². The van der Waals surface area contributed by atoms with Crippen molar-refractivity contribution in [1.82, 2.24) is 4.98 Å². The number of pyridine rings is 1. The lowest BCUT2D eigenvalue weighted by Crippen LogP contribution is -1.94. The number of fused-ring (bicyclic) bond motifs is 1. The van der Waals surface area contributed by atoms with E-state index in [9.17, 15) is 0 Å². The molecule has 0 saturated carbocycles. The zero-order valence-corrected chi connectivity index (χ0v) is 10.2. The van der Waals surface area contributed by atoms with Crippen molar-refractivity contribution in [2.75, 3.05) is 6.61 Å². The summed E-state index contributed by atoms with van der Waals surface area (Å²) in [5.74, 6) is 0. The number of rotatable bonds is 3. The molecule has 2 aromatic rings. The van der Waals surface area contributed by atoms with Gasteiger partial charge < -0.3 is 4.74 Å². The molecule has 0 aliphatic heterocycles. The molecule has 0 amide bonds. The molecule has 0 unspecified atom stereocenters. The van der Waals surface area contributed by atoms with E-state index in [1.807, 2.05) is 45.0 Å². The van der Waals surface area contributed by atoms with Gasteiger partial charge in [0, 0.05) is 12.0 Å². The molecule has 16 heavy (non-hydrogen) atoms. The Morgan fingerprint density at radius 1 is 1.06 bits per heavy atom. The van der Waals surface area contributed by atoms with Crippen molar-refractivity contribution in [3.05, 3.63) is 42.1 Å². The van der Waals surface area contributed by atoms with Crippen molar-refractivity contribution in [3.8, 4) is 0 Å². The second-order valence-corrected chi connectivity index (χ2v) is 3.13. The molecule has 1 aromatic carbocycles. The average Bonchev–Trinajstić information content (AvgIpc) is 2.38. The van der Waals surface area contributed by atoms with Gasteiger partial charge in [-0.15, -0.1) is 0 Å². The summed E-state index contributed by atoms with van der Waals surface area (Å²) in [7, 11) is 0. The number of para-hydroxylation sites is 1. The summed E-state index contributed by atoms with van der Waals surface area (Å²) in [6.45, 7) is 7.32. The predicted molar refractivity (Wildman–Crippen MR) is 68.4 cm³/mol. The van der Waals surface area contributed by atoms with Crippen molar-refractivity contribution < 1.29 is 4.74 Å². The molecule has 0 atom stereocenters. The van der Waals surface area contributed by atoms with Crippen LogP contribution in [-0.2, 0) is 11.3 Å². The quantitative estimate of drug-likeness (QED) is 0.780. The Kier molecular flexibility index (Phi) is 5.51. The molecule has 2 nitrogen and oxygen atoms in total. The van der Waals surface area contributed by atoms with Crippen LogP contribution in [0.4, 0.5) is 0 Å². The van der Waals surface area contributed by atoms with E-state index in [0.29, 0.717) is 6.61 Å². The Balaban J connectivity index is 0.000000606. The summed E-state index contributed by atoms with van der Waals surface area (Å²) in [6.07, 6.45) is 0. The molecule has 0 spiro atoms. The van der Waals surface area contributed by atoms with Crippen LogP contribution in [0.2, 0.25) is 0 Å². The molecular weight excluding hydrogens is 198 g/mol. The summed E-state index contributed by atoms with van der Waals surface area (Å²) >= 11 is 0. The number of ether oxygens (including phenoxy) is 1. The number of hydrogen-bond acceptors (Lipinski definition) is 2. The lowest BCUT2D eigenvalue weighted by atomic mass is 10.2. The van der Waals surface area contributed by atoms with Gasteiger partial charge in [-0.05, 0) is 19.1 Å². The van der Waals surface area contributed by atoms with Gasteiger partial charge in [0.1, 0.15) is 0 Å². The molecule has 86 valence electrons. The molecular formula is C14H19NO. The lowest BCUT2D eigenvalue weighted by molar-refractivity contribution is 0.131. The first kappa shape index (κ1) is 12.7. The van der Waals surface area contributed by atoms with Gasteiger partial charge in [0.05, 0.1) is 17.8 Å². The second-order valence-electron chi connectivity index (χ2n) is 3.13. The smallest absolute Gasteiger partial charge is 0.0887 e. The van der Waals surface area contributed by atoms with E-state index in [1.165, 1.54) is 5.39 Å². The zero-order chi connectivity index (χ0) is 11.8. The fourth-order valence-electron chi connectivity index (χ4n) is 1.40. The van der Waals surface area contributed by atoms with Crippen LogP contribution < -0.4 is 0 Å². The Morgan fingerprint density at radius 3 is 2.56 bits per heavy atom. The number of hydrogen-bond donors (Lipinski definition) is 0. The monoisotopic (exact) mass is 217 g/mol. The van der Waals surface area contributed by atoms with E-state index in [4.69, 9.17) is 4.74 Å². The predicted octanol–water partition coefficient (Wildman–Crippen LogP) is 3.80. The van der Waals surface area contributed by atoms with Crippen LogP contribution in [-0.4, -0.2) is 11.6 Å². The zero-order valence-electron chi connectivity index (χ0n) is 10.2. The molecule has 0 aliphatic rings. The first-order valence-corrected chi connectivity index (χ1v) is 5.82. The standard InChI is InChI=1S/C12H13NO.C2H6/c1-2-14-9-11-8-7-10-5-3-4-6-12(10)13-11;1-2/h3-8H,2,9H2,1H3;1-2H3. The van der Waals surface area contributed by atoms with E-state index in [0.717, 1.165) is 17.8 Å². The first-order chi connectivity index (χ1) is 7.90. The minimum Gasteiger partial charge on any atom is -0.375 e. The van der Waals surface area contributed by atoms with Gasteiger partial charge in [0.2, 0.25) is 0 Å². The van der Waals surface area contributed by atoms with Gasteiger partial charge in [0.25, 0.3) is 0 Å². The van der Waals surface area contributed by atoms with Gasteiger partial charge in [-0.1, -0.05) is 38.1 Å². The minimum absolute atomic E-state index is 0.599. The normalized spacial score (nSPS) is 9.69. The largest absolute Gasteiger partial charge is 0.375 e. The first-order valence-electron chi connectivity index (χ1n) is 5.82. The summed E-state index contributed by atoms with van der Waals surface area (Å²) in [6, 6.07) is 12.2. The molecule has 0 radical (unpaired) electrons. The van der Waals surface area contributed by atoms with Crippen LogP contribution in [0, 0.1) is 0 Å². The number of benzene rings is 1. The molecule has 0 aliphatic carbocycles. The third kappa shape index (κ3) is 3.31. The van der Waals surface area contributed by atoms with E-state index >= 15 is 0 Å². The van der Waals surface area contributed by atoms with Gasteiger partial charge in [-0.2, -0.15) is 0 Å². The third-order valence-electron chi connectivity index (χ3n) is 2.11. The fraction of sp³-hybridized carbons (Fsp3) is 0.357. The highest BCUT2D eigenvalue weighted by Gasteiger charge is 1.96. The van der Waals surface area contributed by atoms with Gasteiger partial charge in [-0.25, -0.2) is 0 Å². The van der Waals surface area contributed by atoms with Crippen LogP contribution in [0.15, 0.2) is 36.4 Å². The summed E-state index contributed by atoms with van der Waals surface area (Å²) in [4.78, 5) is 4.49. The lowest BCUT2D eigenvalue weighted by Gasteiger charge is -2.02. The van der Waals surface area contributed by atoms with Gasteiger partial charge >= 0.3 is 0 Å². The van der Waals surface area contributed by atoms with Crippen molar-refractivity contribution in [2.24, 2.45) is 0 Å². The van der Waals surface area contributed by atoms with Crippen molar-refractivity contribution in [2.45, 2.75) is 27.4 Å². The van der Waals surface area contributed by atoms with Crippen LogP contribution in [0.3, 0.4) is 0 Å². The minimum atomic E-state index is 0.599. The summed E-state index contributed by atoms with van der Waals surface area (Å²) in [5, 5.41) is 1.17. The Bertz CT molecular complexity index is 426. The molecule has 1 aromatic heterocycles. The van der Waals surface area contributed by atoms with Crippen LogP contribution in [0.5, 0.6) is 0 Å².